The highest BCUT2D eigenvalue weighted by Gasteiger charge is 2.35. The van der Waals surface area contributed by atoms with Gasteiger partial charge in [-0.25, -0.2) is 4.79 Å². The van der Waals surface area contributed by atoms with E-state index in [0.717, 1.165) is 22.3 Å². The minimum atomic E-state index is -1.33. The monoisotopic (exact) mass is 454 g/mol. The second-order valence-corrected chi connectivity index (χ2v) is 8.90. The molecule has 0 saturated heterocycles. The lowest BCUT2D eigenvalue weighted by Crippen LogP contribution is -2.55. The fourth-order valence-electron chi connectivity index (χ4n) is 4.07. The number of carboxylic acids is 1. The number of hydrogen-bond acceptors (Lipinski definition) is 5. The smallest absolute Gasteiger partial charge is 0.407 e. The van der Waals surface area contributed by atoms with E-state index in [1.807, 2.05) is 48.5 Å². The van der Waals surface area contributed by atoms with Gasteiger partial charge < -0.3 is 25.2 Å². The zero-order valence-electron chi connectivity index (χ0n) is 19.2. The largest absolute Gasteiger partial charge is 0.481 e. The van der Waals surface area contributed by atoms with Gasteiger partial charge in [-0.2, -0.15) is 0 Å². The van der Waals surface area contributed by atoms with Gasteiger partial charge in [-0.1, -0.05) is 48.5 Å². The molecule has 0 aromatic heterocycles. The lowest BCUT2D eigenvalue weighted by Gasteiger charge is -2.35. The number of aliphatic hydroxyl groups is 1. The summed E-state index contributed by atoms with van der Waals surface area (Å²) in [4.78, 5) is 38.0. The maximum absolute atomic E-state index is 12.9. The van der Waals surface area contributed by atoms with Crippen LogP contribution < -0.4 is 5.32 Å². The van der Waals surface area contributed by atoms with Gasteiger partial charge in [0.2, 0.25) is 5.91 Å². The number of nitrogens with zero attached hydrogens (tertiary/aromatic N) is 1. The fourth-order valence-corrected chi connectivity index (χ4v) is 4.07. The molecule has 2 amide bonds. The van der Waals surface area contributed by atoms with E-state index in [9.17, 15) is 24.6 Å². The molecule has 2 unspecified atom stereocenters. The molecule has 0 fully saturated rings. The first-order chi connectivity index (χ1) is 15.5. The molecule has 1 aliphatic carbocycles. The average Bonchev–Trinajstić information content (AvgIpc) is 3.08. The van der Waals surface area contributed by atoms with Crippen LogP contribution in [0.25, 0.3) is 11.1 Å². The molecule has 2 atom stereocenters. The highest BCUT2D eigenvalue weighted by Crippen LogP contribution is 2.44. The normalized spacial score (nSPS) is 14.6. The van der Waals surface area contributed by atoms with E-state index < -0.39 is 42.1 Å². The quantitative estimate of drug-likeness (QED) is 0.565. The molecule has 0 spiro atoms. The number of hydrogen-bond donors (Lipinski definition) is 3. The summed E-state index contributed by atoms with van der Waals surface area (Å²) in [6, 6.07) is 13.9. The Morgan fingerprint density at radius 1 is 1.06 bits per heavy atom. The molecule has 0 saturated carbocycles. The second kappa shape index (κ2) is 9.62. The number of carboxylic acid groups (broad SMARTS) is 1. The number of benzene rings is 2. The minimum Gasteiger partial charge on any atom is -0.481 e. The fraction of sp³-hybridized carbons (Fsp3) is 0.400. The van der Waals surface area contributed by atoms with Crippen LogP contribution in [0.5, 0.6) is 0 Å². The summed E-state index contributed by atoms with van der Waals surface area (Å²) in [6.45, 7) is 4.78. The van der Waals surface area contributed by atoms with Gasteiger partial charge in [0.25, 0.3) is 0 Å². The predicted molar refractivity (Wildman–Crippen MR) is 123 cm³/mol. The van der Waals surface area contributed by atoms with Crippen LogP contribution in [-0.4, -0.2) is 64.4 Å². The van der Waals surface area contributed by atoms with E-state index in [1.54, 1.807) is 20.8 Å². The standard InChI is InChI=1S/C25H30N2O6/c1-15(25(2,3)32)27(4)23(30)21(13-22(28)29)26-24(31)33-14-20-18-11-7-5-9-16(18)17-10-6-8-12-19(17)20/h5-12,15,20-21,32H,13-14H2,1-4H3,(H,26,31)(H,28,29). The molecule has 8 nitrogen and oxygen atoms in total. The van der Waals surface area contributed by atoms with Crippen molar-refractivity contribution in [3.63, 3.8) is 0 Å². The Balaban J connectivity index is 1.70. The molecule has 1 aliphatic rings. The number of likely N-dealkylation sites (N-methyl/N-ethyl adjacent to an activating group) is 1. The Hall–Kier alpha value is -3.39. The number of aliphatic carboxylic acids is 1. The van der Waals surface area contributed by atoms with Crippen molar-refractivity contribution < 1.29 is 29.3 Å². The Kier molecular flexibility index (Phi) is 7.07. The number of ether oxygens (including phenoxy) is 1. The van der Waals surface area contributed by atoms with Crippen molar-refractivity contribution in [2.75, 3.05) is 13.7 Å². The van der Waals surface area contributed by atoms with Crippen LogP contribution in [0, 0.1) is 0 Å². The molecular weight excluding hydrogens is 424 g/mol. The zero-order chi connectivity index (χ0) is 24.3. The summed E-state index contributed by atoms with van der Waals surface area (Å²) in [7, 11) is 1.46. The molecule has 0 aliphatic heterocycles. The van der Waals surface area contributed by atoms with Crippen LogP contribution in [-0.2, 0) is 14.3 Å². The van der Waals surface area contributed by atoms with Gasteiger partial charge in [-0.05, 0) is 43.0 Å². The molecule has 0 bridgehead atoms. The number of carbonyl (C=O) groups is 3. The van der Waals surface area contributed by atoms with E-state index in [2.05, 4.69) is 5.32 Å². The van der Waals surface area contributed by atoms with Gasteiger partial charge in [-0.3, -0.25) is 9.59 Å². The van der Waals surface area contributed by atoms with Crippen LogP contribution in [0.1, 0.15) is 44.2 Å². The number of alkyl carbamates (subject to hydrolysis) is 1. The number of carbonyl (C=O) groups excluding carboxylic acids is 2. The third-order valence-electron chi connectivity index (χ3n) is 6.26. The molecule has 3 rings (SSSR count). The summed E-state index contributed by atoms with van der Waals surface area (Å²) in [5, 5.41) is 21.8. The summed E-state index contributed by atoms with van der Waals surface area (Å²) in [6.07, 6.45) is -1.48. The molecule has 2 aromatic carbocycles. The van der Waals surface area contributed by atoms with Crippen molar-refractivity contribution in [3.8, 4) is 11.1 Å². The van der Waals surface area contributed by atoms with Crippen LogP contribution in [0.3, 0.4) is 0 Å². The molecule has 33 heavy (non-hydrogen) atoms. The molecular formula is C25H30N2O6. The zero-order valence-corrected chi connectivity index (χ0v) is 19.2. The van der Waals surface area contributed by atoms with Crippen LogP contribution in [0.4, 0.5) is 4.79 Å². The third kappa shape index (κ3) is 5.34. The third-order valence-corrected chi connectivity index (χ3v) is 6.26. The van der Waals surface area contributed by atoms with Crippen molar-refractivity contribution in [2.45, 2.75) is 50.8 Å². The van der Waals surface area contributed by atoms with Crippen LogP contribution in [0.15, 0.2) is 48.5 Å². The Morgan fingerprint density at radius 3 is 2.06 bits per heavy atom. The van der Waals surface area contributed by atoms with Crippen molar-refractivity contribution in [3.05, 3.63) is 59.7 Å². The maximum atomic E-state index is 12.9. The lowest BCUT2D eigenvalue weighted by atomic mass is 9.98. The number of rotatable bonds is 8. The molecule has 2 aromatic rings. The first-order valence-corrected chi connectivity index (χ1v) is 10.8. The second-order valence-electron chi connectivity index (χ2n) is 8.90. The molecule has 0 radical (unpaired) electrons. The van der Waals surface area contributed by atoms with Crippen molar-refractivity contribution in [2.24, 2.45) is 0 Å². The van der Waals surface area contributed by atoms with Crippen LogP contribution in [0.2, 0.25) is 0 Å². The highest BCUT2D eigenvalue weighted by atomic mass is 16.5. The lowest BCUT2D eigenvalue weighted by molar-refractivity contribution is -0.144. The van der Waals surface area contributed by atoms with E-state index in [0.29, 0.717) is 0 Å². The number of nitrogens with one attached hydrogen (secondary N) is 1. The van der Waals surface area contributed by atoms with Gasteiger partial charge in [0.1, 0.15) is 12.6 Å². The van der Waals surface area contributed by atoms with Crippen molar-refractivity contribution in [1.29, 1.82) is 0 Å². The molecule has 8 heteroatoms. The van der Waals surface area contributed by atoms with E-state index in [1.165, 1.54) is 11.9 Å². The summed E-state index contributed by atoms with van der Waals surface area (Å²) in [5.41, 5.74) is 3.06. The number of amides is 2. The topological polar surface area (TPSA) is 116 Å². The first-order valence-electron chi connectivity index (χ1n) is 10.8. The van der Waals surface area contributed by atoms with Gasteiger partial charge in [-0.15, -0.1) is 0 Å². The Morgan fingerprint density at radius 2 is 1.58 bits per heavy atom. The van der Waals surface area contributed by atoms with E-state index in [-0.39, 0.29) is 12.5 Å². The SMILES string of the molecule is CC(N(C)C(=O)C(CC(=O)O)NC(=O)OCC1c2ccccc2-c2ccccc21)C(C)(C)O. The van der Waals surface area contributed by atoms with E-state index in [4.69, 9.17) is 4.74 Å². The number of fused-ring (bicyclic) bond motifs is 3. The predicted octanol–water partition coefficient (Wildman–Crippen LogP) is 2.99. The summed E-state index contributed by atoms with van der Waals surface area (Å²) < 4.78 is 5.45. The Labute approximate surface area is 193 Å². The van der Waals surface area contributed by atoms with Gasteiger partial charge >= 0.3 is 12.1 Å². The van der Waals surface area contributed by atoms with E-state index >= 15 is 0 Å². The summed E-state index contributed by atoms with van der Waals surface area (Å²) in [5.74, 6) is -2.02. The highest BCUT2D eigenvalue weighted by molar-refractivity contribution is 5.89. The van der Waals surface area contributed by atoms with Crippen LogP contribution >= 0.6 is 0 Å². The molecule has 3 N–H and O–H groups in total. The van der Waals surface area contributed by atoms with Gasteiger partial charge in [0, 0.05) is 13.0 Å². The van der Waals surface area contributed by atoms with Gasteiger partial charge in [0.15, 0.2) is 0 Å². The summed E-state index contributed by atoms with van der Waals surface area (Å²) >= 11 is 0. The maximum Gasteiger partial charge on any atom is 0.407 e. The first kappa shape index (κ1) is 24.3. The van der Waals surface area contributed by atoms with Crippen molar-refractivity contribution in [1.82, 2.24) is 10.2 Å². The van der Waals surface area contributed by atoms with Gasteiger partial charge in [0.05, 0.1) is 18.1 Å². The van der Waals surface area contributed by atoms with Crippen molar-refractivity contribution >= 4 is 18.0 Å². The minimum absolute atomic E-state index is 0.0454. The average molecular weight is 455 g/mol. The Bertz CT molecular complexity index is 1000. The molecule has 176 valence electrons. The molecule has 0 heterocycles.